The zero-order valence-electron chi connectivity index (χ0n) is 18.8. The van der Waals surface area contributed by atoms with E-state index in [0.717, 1.165) is 25.7 Å². The molecule has 4 atom stereocenters. The van der Waals surface area contributed by atoms with Crippen LogP contribution in [-0.2, 0) is 19.1 Å². The van der Waals surface area contributed by atoms with Gasteiger partial charge in [-0.3, -0.25) is 0 Å². The van der Waals surface area contributed by atoms with Crippen LogP contribution in [0.15, 0.2) is 34.9 Å². The molecule has 0 aromatic carbocycles. The standard InChI is InChI=1S/C24H36O7/c1-16(7-4-9-17(2)14-24(29)15-18(3)22(27)31-24)8-5-11-20(25)12-6-10-19-13-21(26)30-23(19)28/h8,13,15,17,20-21,25-26,29H,4-7,9-12,14H2,1-3H3/b16-8+/t17-,20?,21?,24?/m1/s1. The van der Waals surface area contributed by atoms with Crippen LogP contribution in [0, 0.1) is 5.92 Å². The molecule has 2 rings (SSSR count). The number of allylic oxidation sites excluding steroid dienone is 2. The van der Waals surface area contributed by atoms with Crippen molar-refractivity contribution in [3.63, 3.8) is 0 Å². The van der Waals surface area contributed by atoms with Crippen molar-refractivity contribution >= 4 is 11.9 Å². The highest BCUT2D eigenvalue weighted by Gasteiger charge is 2.37. The van der Waals surface area contributed by atoms with Gasteiger partial charge in [-0.25, -0.2) is 9.59 Å². The third kappa shape index (κ3) is 8.59. The van der Waals surface area contributed by atoms with Gasteiger partial charge in [0.2, 0.25) is 12.1 Å². The number of hydrogen-bond donors (Lipinski definition) is 3. The predicted octanol–water partition coefficient (Wildman–Crippen LogP) is 3.43. The van der Waals surface area contributed by atoms with E-state index in [1.807, 2.05) is 6.92 Å². The second-order valence-corrected chi connectivity index (χ2v) is 8.92. The number of hydrogen-bond acceptors (Lipinski definition) is 7. The Kier molecular flexibility index (Phi) is 9.47. The van der Waals surface area contributed by atoms with Crippen molar-refractivity contribution in [1.82, 2.24) is 0 Å². The second kappa shape index (κ2) is 11.6. The highest BCUT2D eigenvalue weighted by molar-refractivity contribution is 5.91. The van der Waals surface area contributed by atoms with Crippen LogP contribution in [0.2, 0.25) is 0 Å². The largest absolute Gasteiger partial charge is 0.429 e. The van der Waals surface area contributed by atoms with E-state index in [-0.39, 0.29) is 5.92 Å². The van der Waals surface area contributed by atoms with Gasteiger partial charge in [-0.1, -0.05) is 25.0 Å². The Morgan fingerprint density at radius 2 is 1.97 bits per heavy atom. The van der Waals surface area contributed by atoms with Gasteiger partial charge < -0.3 is 24.8 Å². The summed E-state index contributed by atoms with van der Waals surface area (Å²) in [4.78, 5) is 22.9. The van der Waals surface area contributed by atoms with Crippen LogP contribution in [0.4, 0.5) is 0 Å². The van der Waals surface area contributed by atoms with Crippen molar-refractivity contribution in [1.29, 1.82) is 0 Å². The number of rotatable bonds is 13. The fourth-order valence-corrected chi connectivity index (χ4v) is 4.04. The molecule has 0 aliphatic carbocycles. The molecule has 0 bridgehead atoms. The lowest BCUT2D eigenvalue weighted by atomic mass is 9.94. The maximum Gasteiger partial charge on any atom is 0.336 e. The Morgan fingerprint density at radius 3 is 2.58 bits per heavy atom. The summed E-state index contributed by atoms with van der Waals surface area (Å²) in [6, 6.07) is 0. The van der Waals surface area contributed by atoms with E-state index in [2.05, 4.69) is 17.7 Å². The average Bonchev–Trinajstić information content (AvgIpc) is 3.11. The van der Waals surface area contributed by atoms with Gasteiger partial charge in [0.25, 0.3) is 0 Å². The molecule has 7 heteroatoms. The molecule has 0 radical (unpaired) electrons. The molecule has 0 aromatic rings. The lowest BCUT2D eigenvalue weighted by molar-refractivity contribution is -0.183. The minimum absolute atomic E-state index is 0.225. The molecule has 0 spiro atoms. The van der Waals surface area contributed by atoms with Crippen LogP contribution < -0.4 is 0 Å². The molecule has 0 saturated heterocycles. The highest BCUT2D eigenvalue weighted by Crippen LogP contribution is 2.30. The van der Waals surface area contributed by atoms with Gasteiger partial charge in [-0.2, -0.15) is 0 Å². The third-order valence-corrected chi connectivity index (χ3v) is 5.75. The van der Waals surface area contributed by atoms with E-state index < -0.39 is 30.1 Å². The summed E-state index contributed by atoms with van der Waals surface area (Å²) >= 11 is 0. The van der Waals surface area contributed by atoms with Crippen LogP contribution in [-0.4, -0.2) is 45.4 Å². The monoisotopic (exact) mass is 436 g/mol. The summed E-state index contributed by atoms with van der Waals surface area (Å²) in [5.41, 5.74) is 2.20. The molecule has 3 unspecified atom stereocenters. The summed E-state index contributed by atoms with van der Waals surface area (Å²) in [5, 5.41) is 29.7. The lowest BCUT2D eigenvalue weighted by Crippen LogP contribution is -2.30. The minimum Gasteiger partial charge on any atom is -0.429 e. The fourth-order valence-electron chi connectivity index (χ4n) is 4.04. The number of aliphatic hydroxyl groups excluding tert-OH is 2. The second-order valence-electron chi connectivity index (χ2n) is 8.92. The first-order valence-corrected chi connectivity index (χ1v) is 11.2. The maximum atomic E-state index is 11.5. The Bertz CT molecular complexity index is 736. The predicted molar refractivity (Wildman–Crippen MR) is 115 cm³/mol. The normalized spacial score (nSPS) is 25.7. The summed E-state index contributed by atoms with van der Waals surface area (Å²) < 4.78 is 9.69. The first-order valence-electron chi connectivity index (χ1n) is 11.2. The maximum absolute atomic E-state index is 11.5. The summed E-state index contributed by atoms with van der Waals surface area (Å²) in [7, 11) is 0. The topological polar surface area (TPSA) is 113 Å². The van der Waals surface area contributed by atoms with Crippen LogP contribution in [0.5, 0.6) is 0 Å². The highest BCUT2D eigenvalue weighted by atomic mass is 16.7. The molecular formula is C24H36O7. The Morgan fingerprint density at radius 1 is 1.23 bits per heavy atom. The SMILES string of the molecule is CC1=CC(O)(C[C@H](C)CCC/C(C)=C/CCC(O)CCCC2=CC(O)OC2=O)OC1=O. The van der Waals surface area contributed by atoms with Gasteiger partial charge >= 0.3 is 11.9 Å². The van der Waals surface area contributed by atoms with Gasteiger partial charge in [-0.05, 0) is 76.9 Å². The number of esters is 2. The molecule has 2 aliphatic rings. The summed E-state index contributed by atoms with van der Waals surface area (Å²) in [5.74, 6) is -2.16. The Hall–Kier alpha value is -1.96. The summed E-state index contributed by atoms with van der Waals surface area (Å²) in [6.07, 6.45) is 10.0. The molecule has 2 heterocycles. The van der Waals surface area contributed by atoms with Crippen LogP contribution in [0.25, 0.3) is 0 Å². The molecule has 0 aromatic heterocycles. The average molecular weight is 437 g/mol. The van der Waals surface area contributed by atoms with Gasteiger partial charge in [-0.15, -0.1) is 0 Å². The quantitative estimate of drug-likeness (QED) is 0.299. The molecule has 0 fully saturated rings. The number of cyclic esters (lactones) is 2. The number of ether oxygens (including phenoxy) is 2. The number of carbonyl (C=O) groups excluding carboxylic acids is 2. The van der Waals surface area contributed by atoms with Gasteiger partial charge in [0.1, 0.15) is 0 Å². The van der Waals surface area contributed by atoms with Crippen molar-refractivity contribution in [3.05, 3.63) is 34.9 Å². The molecular weight excluding hydrogens is 400 g/mol. The van der Waals surface area contributed by atoms with Crippen molar-refractivity contribution in [2.45, 2.75) is 96.7 Å². The number of carbonyl (C=O) groups is 2. The first-order chi connectivity index (χ1) is 14.6. The van der Waals surface area contributed by atoms with E-state index in [0.29, 0.717) is 43.3 Å². The Labute approximate surface area is 184 Å². The van der Waals surface area contributed by atoms with Gasteiger partial charge in [0.05, 0.1) is 6.10 Å². The van der Waals surface area contributed by atoms with E-state index in [4.69, 9.17) is 4.74 Å². The van der Waals surface area contributed by atoms with E-state index in [1.165, 1.54) is 17.7 Å². The molecule has 2 aliphatic heterocycles. The van der Waals surface area contributed by atoms with Gasteiger partial charge in [0.15, 0.2) is 0 Å². The van der Waals surface area contributed by atoms with Gasteiger partial charge in [0, 0.05) is 17.6 Å². The van der Waals surface area contributed by atoms with Crippen molar-refractivity contribution in [3.8, 4) is 0 Å². The minimum atomic E-state index is -1.46. The third-order valence-electron chi connectivity index (χ3n) is 5.75. The smallest absolute Gasteiger partial charge is 0.336 e. The van der Waals surface area contributed by atoms with Crippen molar-refractivity contribution in [2.24, 2.45) is 5.92 Å². The van der Waals surface area contributed by atoms with Crippen LogP contribution in [0.1, 0.15) is 78.6 Å². The lowest BCUT2D eigenvalue weighted by Gasteiger charge is -2.23. The van der Waals surface area contributed by atoms with E-state index >= 15 is 0 Å². The zero-order chi connectivity index (χ0) is 23.0. The zero-order valence-corrected chi connectivity index (χ0v) is 18.8. The van der Waals surface area contributed by atoms with Crippen LogP contribution >= 0.6 is 0 Å². The molecule has 174 valence electrons. The van der Waals surface area contributed by atoms with Crippen molar-refractivity contribution in [2.75, 3.05) is 0 Å². The first kappa shape index (κ1) is 25.3. The fraction of sp³-hybridized carbons (Fsp3) is 0.667. The van der Waals surface area contributed by atoms with E-state index in [9.17, 15) is 24.9 Å². The van der Waals surface area contributed by atoms with Crippen LogP contribution in [0.3, 0.4) is 0 Å². The molecule has 31 heavy (non-hydrogen) atoms. The molecule has 3 N–H and O–H groups in total. The number of aliphatic hydroxyl groups is 3. The summed E-state index contributed by atoms with van der Waals surface area (Å²) in [6.45, 7) is 5.77. The van der Waals surface area contributed by atoms with E-state index in [1.54, 1.807) is 6.92 Å². The molecule has 0 amide bonds. The molecule has 0 saturated carbocycles. The van der Waals surface area contributed by atoms with Crippen molar-refractivity contribution < 1.29 is 34.4 Å². The Balaban J connectivity index is 1.56. The molecule has 7 nitrogen and oxygen atoms in total.